The van der Waals surface area contributed by atoms with E-state index in [1.54, 1.807) is 0 Å². The van der Waals surface area contributed by atoms with Crippen molar-refractivity contribution in [2.75, 3.05) is 24.3 Å². The summed E-state index contributed by atoms with van der Waals surface area (Å²) >= 11 is 3.79. The van der Waals surface area contributed by atoms with E-state index in [1.165, 1.54) is 18.6 Å². The summed E-state index contributed by atoms with van der Waals surface area (Å²) in [6.07, 6.45) is 5.60. The van der Waals surface area contributed by atoms with Crippen molar-refractivity contribution in [1.82, 2.24) is 10.6 Å². The maximum Gasteiger partial charge on any atom is 0.315 e. The third kappa shape index (κ3) is 5.91. The molecule has 0 aromatic carbocycles. The number of rotatable bonds is 6. The van der Waals surface area contributed by atoms with E-state index in [9.17, 15) is 4.79 Å². The number of carbonyl (C=O) groups excluding carboxylic acids is 1. The van der Waals surface area contributed by atoms with E-state index in [0.717, 1.165) is 18.7 Å². The largest absolute Gasteiger partial charge is 0.337 e. The number of urea groups is 1. The molecular weight excluding hydrogens is 252 g/mol. The molecule has 1 aliphatic heterocycles. The van der Waals surface area contributed by atoms with E-state index < -0.39 is 0 Å². The Kier molecular flexibility index (Phi) is 6.55. The molecule has 0 saturated carbocycles. The van der Waals surface area contributed by atoms with Crippen LogP contribution in [0.2, 0.25) is 0 Å². The summed E-state index contributed by atoms with van der Waals surface area (Å²) in [6.45, 7) is 5.07. The first kappa shape index (κ1) is 15.0. The van der Waals surface area contributed by atoms with Gasteiger partial charge in [0.2, 0.25) is 0 Å². The summed E-state index contributed by atoms with van der Waals surface area (Å²) in [6, 6.07) is 0.235. The van der Waals surface area contributed by atoms with Crippen molar-refractivity contribution in [2.45, 2.75) is 43.9 Å². The molecule has 17 heavy (non-hydrogen) atoms. The molecular formula is C12H24N2OS2. The Hall–Kier alpha value is -0.0300. The second kappa shape index (κ2) is 7.41. The highest BCUT2D eigenvalue weighted by molar-refractivity contribution is 8.00. The molecule has 1 fully saturated rings. The van der Waals surface area contributed by atoms with E-state index in [4.69, 9.17) is 0 Å². The van der Waals surface area contributed by atoms with Crippen LogP contribution in [-0.2, 0) is 0 Å². The number of amides is 2. The summed E-state index contributed by atoms with van der Waals surface area (Å²) in [7, 11) is 0. The molecule has 0 radical (unpaired) electrons. The minimum absolute atomic E-state index is 0.0210. The Labute approximate surface area is 113 Å². The van der Waals surface area contributed by atoms with Crippen LogP contribution in [0.3, 0.4) is 0 Å². The number of hydrogen-bond acceptors (Lipinski definition) is 3. The first-order valence-corrected chi connectivity index (χ1v) is 8.61. The molecule has 2 N–H and O–H groups in total. The number of thioether (sulfide) groups is 2. The van der Waals surface area contributed by atoms with E-state index in [-0.39, 0.29) is 16.8 Å². The fourth-order valence-electron chi connectivity index (χ4n) is 1.89. The Morgan fingerprint density at radius 2 is 2.35 bits per heavy atom. The molecule has 2 atom stereocenters. The minimum Gasteiger partial charge on any atom is -0.337 e. The predicted octanol–water partition coefficient (Wildman–Crippen LogP) is 2.71. The van der Waals surface area contributed by atoms with Gasteiger partial charge < -0.3 is 10.6 Å². The lowest BCUT2D eigenvalue weighted by Crippen LogP contribution is -2.45. The lowest BCUT2D eigenvalue weighted by molar-refractivity contribution is 0.236. The van der Waals surface area contributed by atoms with Gasteiger partial charge in [-0.3, -0.25) is 0 Å². The highest BCUT2D eigenvalue weighted by atomic mass is 32.2. The number of carbonyl (C=O) groups is 1. The van der Waals surface area contributed by atoms with Crippen LogP contribution in [0, 0.1) is 0 Å². The van der Waals surface area contributed by atoms with Gasteiger partial charge in [-0.25, -0.2) is 4.79 Å². The SMILES string of the molecule is CSCC[C@@H](C)NC(=O)NC[C@@]1(C)CCCS1. The van der Waals surface area contributed by atoms with E-state index in [0.29, 0.717) is 0 Å². The van der Waals surface area contributed by atoms with Gasteiger partial charge in [-0.1, -0.05) is 0 Å². The first-order valence-electron chi connectivity index (χ1n) is 6.23. The number of hydrogen-bond donors (Lipinski definition) is 2. The van der Waals surface area contributed by atoms with E-state index >= 15 is 0 Å². The predicted molar refractivity (Wildman–Crippen MR) is 79.1 cm³/mol. The standard InChI is InChI=1S/C12H24N2OS2/c1-10(5-8-16-3)14-11(15)13-9-12(2)6-4-7-17-12/h10H,4-9H2,1-3H3,(H2,13,14,15)/t10-,12-/m1/s1. The minimum atomic E-state index is -0.0210. The monoisotopic (exact) mass is 276 g/mol. The van der Waals surface area contributed by atoms with Gasteiger partial charge in [0.1, 0.15) is 0 Å². The van der Waals surface area contributed by atoms with Crippen molar-refractivity contribution < 1.29 is 4.79 Å². The molecule has 1 heterocycles. The van der Waals surface area contributed by atoms with Gasteiger partial charge >= 0.3 is 6.03 Å². The van der Waals surface area contributed by atoms with Crippen LogP contribution in [-0.4, -0.2) is 41.1 Å². The zero-order valence-electron chi connectivity index (χ0n) is 11.0. The highest BCUT2D eigenvalue weighted by Gasteiger charge is 2.29. The third-order valence-corrected chi connectivity index (χ3v) is 5.24. The smallest absolute Gasteiger partial charge is 0.315 e. The van der Waals surface area contributed by atoms with Gasteiger partial charge in [0.15, 0.2) is 0 Å². The summed E-state index contributed by atoms with van der Waals surface area (Å²) in [5, 5.41) is 5.98. The van der Waals surface area contributed by atoms with E-state index in [2.05, 4.69) is 30.7 Å². The zero-order chi connectivity index (χ0) is 12.7. The van der Waals surface area contributed by atoms with Crippen molar-refractivity contribution in [1.29, 1.82) is 0 Å². The molecule has 3 nitrogen and oxygen atoms in total. The van der Waals surface area contributed by atoms with Crippen LogP contribution in [0.25, 0.3) is 0 Å². The molecule has 0 unspecified atom stereocenters. The highest BCUT2D eigenvalue weighted by Crippen LogP contribution is 2.36. The molecule has 0 bridgehead atoms. The normalized spacial score (nSPS) is 25.6. The molecule has 100 valence electrons. The zero-order valence-corrected chi connectivity index (χ0v) is 12.7. The van der Waals surface area contributed by atoms with Crippen molar-refractivity contribution >= 4 is 29.6 Å². The molecule has 0 aromatic rings. The maximum atomic E-state index is 11.7. The van der Waals surface area contributed by atoms with Gasteiger partial charge in [0.25, 0.3) is 0 Å². The van der Waals surface area contributed by atoms with Crippen LogP contribution in [0.1, 0.15) is 33.1 Å². The number of nitrogens with one attached hydrogen (secondary N) is 2. The Balaban J connectivity index is 2.16. The van der Waals surface area contributed by atoms with Crippen LogP contribution in [0.5, 0.6) is 0 Å². The molecule has 0 spiro atoms. The summed E-state index contributed by atoms with van der Waals surface area (Å²) in [5.41, 5.74) is 0. The van der Waals surface area contributed by atoms with Crippen LogP contribution < -0.4 is 10.6 Å². The lowest BCUT2D eigenvalue weighted by Gasteiger charge is -2.23. The van der Waals surface area contributed by atoms with Crippen LogP contribution >= 0.6 is 23.5 Å². The third-order valence-electron chi connectivity index (χ3n) is 3.06. The second-order valence-corrected chi connectivity index (χ2v) is 7.58. The van der Waals surface area contributed by atoms with E-state index in [1.807, 2.05) is 23.5 Å². The fourth-order valence-corrected chi connectivity index (χ4v) is 3.72. The van der Waals surface area contributed by atoms with Gasteiger partial charge in [-0.05, 0) is 50.9 Å². The fraction of sp³-hybridized carbons (Fsp3) is 0.917. The molecule has 5 heteroatoms. The Bertz CT molecular complexity index is 243. The Morgan fingerprint density at radius 1 is 1.59 bits per heavy atom. The van der Waals surface area contributed by atoms with Gasteiger partial charge in [-0.15, -0.1) is 0 Å². The molecule has 0 aliphatic carbocycles. The summed E-state index contributed by atoms with van der Waals surface area (Å²) in [5.74, 6) is 2.32. The maximum absolute atomic E-state index is 11.7. The lowest BCUT2D eigenvalue weighted by atomic mass is 10.1. The molecule has 1 aliphatic rings. The average molecular weight is 276 g/mol. The molecule has 1 saturated heterocycles. The van der Waals surface area contributed by atoms with Crippen LogP contribution in [0.4, 0.5) is 4.79 Å². The topological polar surface area (TPSA) is 41.1 Å². The molecule has 0 aromatic heterocycles. The van der Waals surface area contributed by atoms with Gasteiger partial charge in [0, 0.05) is 17.3 Å². The van der Waals surface area contributed by atoms with Gasteiger partial charge in [0.05, 0.1) is 0 Å². The van der Waals surface area contributed by atoms with Gasteiger partial charge in [-0.2, -0.15) is 23.5 Å². The van der Waals surface area contributed by atoms with Crippen molar-refractivity contribution in [3.05, 3.63) is 0 Å². The van der Waals surface area contributed by atoms with Crippen molar-refractivity contribution in [3.63, 3.8) is 0 Å². The summed E-state index contributed by atoms with van der Waals surface area (Å²) < 4.78 is 0.250. The molecule has 2 amide bonds. The van der Waals surface area contributed by atoms with Crippen molar-refractivity contribution in [2.24, 2.45) is 0 Å². The Morgan fingerprint density at radius 3 is 2.94 bits per heavy atom. The first-order chi connectivity index (χ1) is 8.06. The summed E-state index contributed by atoms with van der Waals surface area (Å²) in [4.78, 5) is 11.7. The van der Waals surface area contributed by atoms with Crippen molar-refractivity contribution in [3.8, 4) is 0 Å². The quantitative estimate of drug-likeness (QED) is 0.784. The second-order valence-electron chi connectivity index (χ2n) is 4.91. The average Bonchev–Trinajstić information content (AvgIpc) is 2.71. The molecule has 1 rings (SSSR count). The van der Waals surface area contributed by atoms with Crippen LogP contribution in [0.15, 0.2) is 0 Å².